The summed E-state index contributed by atoms with van der Waals surface area (Å²) in [6.45, 7) is 12.8. The van der Waals surface area contributed by atoms with Crippen LogP contribution in [-0.4, -0.2) is 61.2 Å². The Morgan fingerprint density at radius 2 is 1.89 bits per heavy atom. The molecule has 158 valence electrons. The van der Waals surface area contributed by atoms with Gasteiger partial charge in [0.15, 0.2) is 0 Å². The SMILES string of the molecule is C.CCC(C)(CC)C1COCC(N2CCN(c3ccc(C(N)=O)nc3)CC2)C1. The average Bonchev–Trinajstić information content (AvgIpc) is 2.73. The summed E-state index contributed by atoms with van der Waals surface area (Å²) in [4.78, 5) is 20.3. The van der Waals surface area contributed by atoms with Crippen LogP contribution in [-0.2, 0) is 4.74 Å². The molecule has 3 heterocycles. The Morgan fingerprint density at radius 3 is 2.43 bits per heavy atom. The van der Waals surface area contributed by atoms with E-state index in [1.807, 2.05) is 6.07 Å². The van der Waals surface area contributed by atoms with Crippen molar-refractivity contribution in [1.29, 1.82) is 0 Å². The molecule has 2 saturated heterocycles. The highest BCUT2D eigenvalue weighted by Gasteiger charge is 2.37. The monoisotopic (exact) mass is 390 g/mol. The standard InChI is InChI=1S/C21H34N4O2.CH4/c1-4-21(3,5-2)16-12-18(15-27-14-16)25-10-8-24(9-11-25)17-6-7-19(20(22)26)23-13-17;/h6-7,13,16,18H,4-5,8-12,14-15H2,1-3H3,(H2,22,26);1H4. The number of primary amides is 1. The molecule has 2 fully saturated rings. The van der Waals surface area contributed by atoms with E-state index in [0.717, 1.165) is 45.1 Å². The summed E-state index contributed by atoms with van der Waals surface area (Å²) in [6, 6.07) is 4.18. The fraction of sp³-hybridized carbons (Fsp3) is 0.727. The molecule has 3 rings (SSSR count). The van der Waals surface area contributed by atoms with Gasteiger partial charge in [-0.15, -0.1) is 0 Å². The molecule has 0 bridgehead atoms. The number of aromatic nitrogens is 1. The van der Waals surface area contributed by atoms with Crippen LogP contribution in [0.25, 0.3) is 0 Å². The van der Waals surface area contributed by atoms with Crippen molar-refractivity contribution in [3.8, 4) is 0 Å². The number of nitrogens with zero attached hydrogens (tertiary/aromatic N) is 3. The molecule has 0 radical (unpaired) electrons. The lowest BCUT2D eigenvalue weighted by Gasteiger charge is -2.46. The van der Waals surface area contributed by atoms with Crippen molar-refractivity contribution in [2.45, 2.75) is 53.5 Å². The third-order valence-corrected chi connectivity index (χ3v) is 6.98. The molecular formula is C22H38N4O2. The van der Waals surface area contributed by atoms with E-state index in [2.05, 4.69) is 35.6 Å². The van der Waals surface area contributed by atoms with Crippen LogP contribution in [0, 0.1) is 11.3 Å². The van der Waals surface area contributed by atoms with Gasteiger partial charge in [0.05, 0.1) is 25.1 Å². The van der Waals surface area contributed by atoms with E-state index in [0.29, 0.717) is 23.1 Å². The second-order valence-corrected chi connectivity index (χ2v) is 8.27. The Morgan fingerprint density at radius 1 is 1.21 bits per heavy atom. The largest absolute Gasteiger partial charge is 0.380 e. The molecular weight excluding hydrogens is 352 g/mol. The number of hydrogen-bond acceptors (Lipinski definition) is 5. The predicted octanol–water partition coefficient (Wildman–Crippen LogP) is 3.17. The van der Waals surface area contributed by atoms with Crippen LogP contribution >= 0.6 is 0 Å². The molecule has 2 atom stereocenters. The molecule has 2 unspecified atom stereocenters. The van der Waals surface area contributed by atoms with E-state index in [4.69, 9.17) is 10.5 Å². The number of piperazine rings is 1. The highest BCUT2D eigenvalue weighted by molar-refractivity contribution is 5.90. The minimum absolute atomic E-state index is 0. The van der Waals surface area contributed by atoms with E-state index in [9.17, 15) is 4.79 Å². The molecule has 0 spiro atoms. The quantitative estimate of drug-likeness (QED) is 0.808. The summed E-state index contributed by atoms with van der Waals surface area (Å²) in [7, 11) is 0. The van der Waals surface area contributed by atoms with Gasteiger partial charge in [0, 0.05) is 32.2 Å². The zero-order chi connectivity index (χ0) is 19.4. The van der Waals surface area contributed by atoms with Gasteiger partial charge >= 0.3 is 0 Å². The Labute approximate surface area is 170 Å². The van der Waals surface area contributed by atoms with Gasteiger partial charge in [-0.2, -0.15) is 0 Å². The fourth-order valence-electron chi connectivity index (χ4n) is 4.44. The van der Waals surface area contributed by atoms with Gasteiger partial charge < -0.3 is 15.4 Å². The number of amides is 1. The van der Waals surface area contributed by atoms with Crippen LogP contribution in [0.3, 0.4) is 0 Å². The van der Waals surface area contributed by atoms with Gasteiger partial charge in [-0.05, 0) is 29.9 Å². The molecule has 0 aromatic carbocycles. The van der Waals surface area contributed by atoms with Crippen molar-refractivity contribution in [1.82, 2.24) is 9.88 Å². The molecule has 28 heavy (non-hydrogen) atoms. The van der Waals surface area contributed by atoms with Crippen LogP contribution < -0.4 is 10.6 Å². The molecule has 1 aromatic heterocycles. The Kier molecular flexibility index (Phi) is 7.84. The lowest BCUT2D eigenvalue weighted by atomic mass is 9.70. The topological polar surface area (TPSA) is 71.7 Å². The van der Waals surface area contributed by atoms with Gasteiger partial charge in [0.25, 0.3) is 5.91 Å². The fourth-order valence-corrected chi connectivity index (χ4v) is 4.44. The third-order valence-electron chi connectivity index (χ3n) is 6.98. The van der Waals surface area contributed by atoms with Gasteiger partial charge in [-0.3, -0.25) is 9.69 Å². The number of anilines is 1. The maximum Gasteiger partial charge on any atom is 0.267 e. The van der Waals surface area contributed by atoms with Gasteiger partial charge in [0.2, 0.25) is 0 Å². The number of hydrogen-bond donors (Lipinski definition) is 1. The summed E-state index contributed by atoms with van der Waals surface area (Å²) in [5.41, 5.74) is 7.03. The summed E-state index contributed by atoms with van der Waals surface area (Å²) in [6.07, 6.45) is 5.43. The van der Waals surface area contributed by atoms with Gasteiger partial charge in [0.1, 0.15) is 5.69 Å². The summed E-state index contributed by atoms with van der Waals surface area (Å²) >= 11 is 0. The first-order valence-electron chi connectivity index (χ1n) is 10.3. The Bertz CT molecular complexity index is 622. The minimum Gasteiger partial charge on any atom is -0.380 e. The first kappa shape index (κ1) is 22.6. The number of carbonyl (C=O) groups excluding carboxylic acids is 1. The minimum atomic E-state index is -0.482. The van der Waals surface area contributed by atoms with Crippen molar-refractivity contribution < 1.29 is 9.53 Å². The molecule has 2 aliphatic rings. The predicted molar refractivity (Wildman–Crippen MR) is 115 cm³/mol. The zero-order valence-electron chi connectivity index (χ0n) is 17.0. The van der Waals surface area contributed by atoms with E-state index in [1.165, 1.54) is 19.3 Å². The van der Waals surface area contributed by atoms with Crippen molar-refractivity contribution in [2.75, 3.05) is 44.3 Å². The third kappa shape index (κ3) is 4.84. The summed E-state index contributed by atoms with van der Waals surface area (Å²) in [5, 5.41) is 0. The highest BCUT2D eigenvalue weighted by atomic mass is 16.5. The molecule has 0 saturated carbocycles. The Balaban J connectivity index is 0.00000280. The van der Waals surface area contributed by atoms with Crippen LogP contribution in [0.5, 0.6) is 0 Å². The average molecular weight is 391 g/mol. The molecule has 1 aromatic rings. The van der Waals surface area contributed by atoms with Crippen LogP contribution in [0.4, 0.5) is 5.69 Å². The number of carbonyl (C=O) groups is 1. The molecule has 1 amide bonds. The van der Waals surface area contributed by atoms with E-state index in [-0.39, 0.29) is 7.43 Å². The van der Waals surface area contributed by atoms with Crippen molar-refractivity contribution in [3.05, 3.63) is 24.0 Å². The number of nitrogens with two attached hydrogens (primary N) is 1. The maximum absolute atomic E-state index is 11.2. The van der Waals surface area contributed by atoms with Crippen molar-refractivity contribution in [3.63, 3.8) is 0 Å². The van der Waals surface area contributed by atoms with Crippen molar-refractivity contribution in [2.24, 2.45) is 17.1 Å². The zero-order valence-corrected chi connectivity index (χ0v) is 17.0. The van der Waals surface area contributed by atoms with E-state index in [1.54, 1.807) is 12.3 Å². The lowest BCUT2D eigenvalue weighted by Crippen LogP contribution is -2.54. The van der Waals surface area contributed by atoms with Gasteiger partial charge in [-0.1, -0.05) is 41.0 Å². The van der Waals surface area contributed by atoms with Crippen LogP contribution in [0.1, 0.15) is 57.9 Å². The highest BCUT2D eigenvalue weighted by Crippen LogP contribution is 2.40. The molecule has 2 N–H and O–H groups in total. The number of pyridine rings is 1. The van der Waals surface area contributed by atoms with E-state index < -0.39 is 5.91 Å². The van der Waals surface area contributed by atoms with Crippen LogP contribution in [0.15, 0.2) is 18.3 Å². The lowest BCUT2D eigenvalue weighted by molar-refractivity contribution is -0.0560. The molecule has 2 aliphatic heterocycles. The summed E-state index contributed by atoms with van der Waals surface area (Å²) in [5.74, 6) is 0.166. The van der Waals surface area contributed by atoms with Crippen molar-refractivity contribution >= 4 is 11.6 Å². The molecule has 0 aliphatic carbocycles. The second kappa shape index (κ2) is 9.70. The first-order valence-corrected chi connectivity index (χ1v) is 10.3. The van der Waals surface area contributed by atoms with Crippen LogP contribution in [0.2, 0.25) is 0 Å². The Hall–Kier alpha value is -1.66. The van der Waals surface area contributed by atoms with Gasteiger partial charge in [-0.25, -0.2) is 4.98 Å². The normalized spacial score (nSPS) is 23.9. The second-order valence-electron chi connectivity index (χ2n) is 8.27. The number of rotatable bonds is 6. The number of ether oxygens (including phenoxy) is 1. The van der Waals surface area contributed by atoms with E-state index >= 15 is 0 Å². The maximum atomic E-state index is 11.2. The molecule has 6 nitrogen and oxygen atoms in total. The molecule has 6 heteroatoms. The first-order chi connectivity index (χ1) is 13.0. The summed E-state index contributed by atoms with van der Waals surface area (Å²) < 4.78 is 6.04. The smallest absolute Gasteiger partial charge is 0.267 e.